The van der Waals surface area contributed by atoms with Crippen molar-refractivity contribution in [1.82, 2.24) is 0 Å². The van der Waals surface area contributed by atoms with Crippen LogP contribution in [0.3, 0.4) is 0 Å². The third kappa shape index (κ3) is 5.17. The van der Waals surface area contributed by atoms with E-state index >= 15 is 0 Å². The molecule has 0 saturated carbocycles. The molecule has 0 spiro atoms. The number of halogens is 2. The summed E-state index contributed by atoms with van der Waals surface area (Å²) in [5.41, 5.74) is -0.367. The number of amides is 1. The molecule has 2 rings (SSSR count). The van der Waals surface area contributed by atoms with Crippen molar-refractivity contribution in [1.29, 1.82) is 0 Å². The molecule has 10 heteroatoms. The van der Waals surface area contributed by atoms with Crippen LogP contribution in [0.25, 0.3) is 0 Å². The molecule has 1 atom stereocenters. The Morgan fingerprint density at radius 1 is 1.29 bits per heavy atom. The lowest BCUT2D eigenvalue weighted by atomic mass is 10.2. The van der Waals surface area contributed by atoms with Gasteiger partial charge in [0.25, 0.3) is 5.91 Å². The molecule has 1 amide bonds. The van der Waals surface area contributed by atoms with E-state index in [-0.39, 0.29) is 28.6 Å². The van der Waals surface area contributed by atoms with Gasteiger partial charge < -0.3 is 14.8 Å². The fraction of sp³-hybridized carbons (Fsp3) is 0.222. The van der Waals surface area contributed by atoms with Gasteiger partial charge in [-0.3, -0.25) is 14.9 Å². The number of carbonyl (C=O) groups is 2. The summed E-state index contributed by atoms with van der Waals surface area (Å²) in [4.78, 5) is 34.8. The first-order valence-corrected chi connectivity index (χ1v) is 8.48. The molecule has 28 heavy (non-hydrogen) atoms. The first-order chi connectivity index (χ1) is 13.2. The molecule has 0 fully saturated rings. The molecule has 0 aromatic heterocycles. The van der Waals surface area contributed by atoms with Crippen molar-refractivity contribution < 1.29 is 28.4 Å². The molecule has 2 aromatic rings. The molecule has 0 unspecified atom stereocenters. The maximum Gasteiger partial charge on any atom is 0.339 e. The van der Waals surface area contributed by atoms with Gasteiger partial charge in [-0.25, -0.2) is 9.18 Å². The third-order valence-corrected chi connectivity index (χ3v) is 3.85. The van der Waals surface area contributed by atoms with Crippen LogP contribution in [0.4, 0.5) is 15.8 Å². The van der Waals surface area contributed by atoms with E-state index in [1.807, 2.05) is 0 Å². The van der Waals surface area contributed by atoms with Gasteiger partial charge in [0, 0.05) is 6.07 Å². The van der Waals surface area contributed by atoms with E-state index < -0.39 is 34.4 Å². The molecule has 0 aliphatic rings. The summed E-state index contributed by atoms with van der Waals surface area (Å²) in [6.45, 7) is 3.20. The van der Waals surface area contributed by atoms with Gasteiger partial charge >= 0.3 is 11.7 Å². The quantitative estimate of drug-likeness (QED) is 0.420. The van der Waals surface area contributed by atoms with Crippen LogP contribution in [0.1, 0.15) is 24.2 Å². The largest absolute Gasteiger partial charge is 0.487 e. The SMILES string of the molecule is CCOc1ccc(C(=O)O[C@H](C)C(=O)Nc2ccc(F)cc2Cl)cc1[N+](=O)[O-]. The maximum absolute atomic E-state index is 13.0. The average Bonchev–Trinajstić information content (AvgIpc) is 2.64. The van der Waals surface area contributed by atoms with Gasteiger partial charge in [-0.2, -0.15) is 0 Å². The van der Waals surface area contributed by atoms with Crippen LogP contribution >= 0.6 is 11.6 Å². The number of nitrogens with zero attached hydrogens (tertiary/aromatic N) is 1. The molecular weight excluding hydrogens is 395 g/mol. The molecule has 148 valence electrons. The van der Waals surface area contributed by atoms with E-state index in [2.05, 4.69) is 5.32 Å². The van der Waals surface area contributed by atoms with E-state index in [1.54, 1.807) is 6.92 Å². The normalized spacial score (nSPS) is 11.4. The van der Waals surface area contributed by atoms with Crippen LogP contribution in [0.15, 0.2) is 36.4 Å². The zero-order valence-corrected chi connectivity index (χ0v) is 15.7. The predicted molar refractivity (Wildman–Crippen MR) is 99.2 cm³/mol. The predicted octanol–water partition coefficient (Wildman–Crippen LogP) is 3.97. The van der Waals surface area contributed by atoms with Gasteiger partial charge in [0.2, 0.25) is 0 Å². The van der Waals surface area contributed by atoms with Gasteiger partial charge in [-0.15, -0.1) is 0 Å². The molecule has 8 nitrogen and oxygen atoms in total. The highest BCUT2D eigenvalue weighted by atomic mass is 35.5. The number of benzene rings is 2. The number of ether oxygens (including phenoxy) is 2. The van der Waals surface area contributed by atoms with Crippen LogP contribution < -0.4 is 10.1 Å². The van der Waals surface area contributed by atoms with Gasteiger partial charge in [-0.05, 0) is 44.2 Å². The van der Waals surface area contributed by atoms with Crippen molar-refractivity contribution in [3.05, 3.63) is 62.9 Å². The topological polar surface area (TPSA) is 108 Å². The van der Waals surface area contributed by atoms with Crippen molar-refractivity contribution in [3.8, 4) is 5.75 Å². The average molecular weight is 411 g/mol. The van der Waals surface area contributed by atoms with Crippen LogP contribution in [0.2, 0.25) is 5.02 Å². The van der Waals surface area contributed by atoms with E-state index in [0.29, 0.717) is 0 Å². The second-order valence-corrected chi connectivity index (χ2v) is 5.94. The van der Waals surface area contributed by atoms with Crippen LogP contribution in [0.5, 0.6) is 5.75 Å². The van der Waals surface area contributed by atoms with Crippen molar-refractivity contribution in [2.45, 2.75) is 20.0 Å². The Labute approximate surface area is 164 Å². The Bertz CT molecular complexity index is 921. The van der Waals surface area contributed by atoms with E-state index in [9.17, 15) is 24.1 Å². The second-order valence-electron chi connectivity index (χ2n) is 5.53. The monoisotopic (exact) mass is 410 g/mol. The molecule has 0 aliphatic heterocycles. The minimum Gasteiger partial charge on any atom is -0.487 e. The third-order valence-electron chi connectivity index (χ3n) is 3.53. The summed E-state index contributed by atoms with van der Waals surface area (Å²) in [5, 5.41) is 13.5. The van der Waals surface area contributed by atoms with E-state index in [4.69, 9.17) is 21.1 Å². The molecule has 2 aromatic carbocycles. The number of hydrogen-bond acceptors (Lipinski definition) is 6. The molecule has 0 saturated heterocycles. The smallest absolute Gasteiger partial charge is 0.339 e. The van der Waals surface area contributed by atoms with E-state index in [0.717, 1.165) is 18.2 Å². The standard InChI is InChI=1S/C18H16ClFN2O6/c1-3-27-16-7-4-11(8-15(16)22(25)26)18(24)28-10(2)17(23)21-14-6-5-12(20)9-13(14)19/h4-10H,3H2,1-2H3,(H,21,23)/t10-/m1/s1. The van der Waals surface area contributed by atoms with Crippen LogP contribution in [-0.2, 0) is 9.53 Å². The highest BCUT2D eigenvalue weighted by molar-refractivity contribution is 6.33. The Morgan fingerprint density at radius 3 is 2.61 bits per heavy atom. The summed E-state index contributed by atoms with van der Waals surface area (Å²) < 4.78 is 23.2. The highest BCUT2D eigenvalue weighted by Crippen LogP contribution is 2.28. The van der Waals surface area contributed by atoms with Crippen molar-refractivity contribution in [2.75, 3.05) is 11.9 Å². The first kappa shape index (κ1) is 21.1. The van der Waals surface area contributed by atoms with Gasteiger partial charge in [0.05, 0.1) is 27.8 Å². The van der Waals surface area contributed by atoms with Crippen molar-refractivity contribution in [3.63, 3.8) is 0 Å². The lowest BCUT2D eigenvalue weighted by Crippen LogP contribution is -2.30. The molecule has 1 N–H and O–H groups in total. The number of nitro benzene ring substituents is 1. The zero-order chi connectivity index (χ0) is 20.8. The number of anilines is 1. The fourth-order valence-electron chi connectivity index (χ4n) is 2.17. The Hall–Kier alpha value is -3.20. The van der Waals surface area contributed by atoms with Crippen LogP contribution in [0, 0.1) is 15.9 Å². The molecular formula is C18H16ClFN2O6. The number of hydrogen-bond donors (Lipinski definition) is 1. The number of carbonyl (C=O) groups excluding carboxylic acids is 2. The zero-order valence-electron chi connectivity index (χ0n) is 14.9. The van der Waals surface area contributed by atoms with Gasteiger partial charge in [0.1, 0.15) is 5.82 Å². The number of nitro groups is 1. The summed E-state index contributed by atoms with van der Waals surface area (Å²) in [6, 6.07) is 6.97. The maximum atomic E-state index is 13.0. The summed E-state index contributed by atoms with van der Waals surface area (Å²) in [6.07, 6.45) is -1.24. The first-order valence-electron chi connectivity index (χ1n) is 8.11. The Kier molecular flexibility index (Phi) is 6.89. The second kappa shape index (κ2) is 9.14. The van der Waals surface area contributed by atoms with Gasteiger partial charge in [-0.1, -0.05) is 11.6 Å². The van der Waals surface area contributed by atoms with Gasteiger partial charge in [0.15, 0.2) is 11.9 Å². The van der Waals surface area contributed by atoms with Crippen LogP contribution in [-0.4, -0.2) is 29.5 Å². The van der Waals surface area contributed by atoms with Crippen molar-refractivity contribution >= 4 is 34.9 Å². The molecule has 0 bridgehead atoms. The van der Waals surface area contributed by atoms with E-state index in [1.165, 1.54) is 25.1 Å². The number of nitrogens with one attached hydrogen (secondary N) is 1. The summed E-state index contributed by atoms with van der Waals surface area (Å²) in [5.74, 6) is -2.19. The molecule has 0 aliphatic carbocycles. The minimum atomic E-state index is -1.24. The molecule has 0 heterocycles. The minimum absolute atomic E-state index is 0.0146. The number of esters is 1. The summed E-state index contributed by atoms with van der Waals surface area (Å²) >= 11 is 5.83. The fourth-order valence-corrected chi connectivity index (χ4v) is 2.39. The van der Waals surface area contributed by atoms with Crippen molar-refractivity contribution in [2.24, 2.45) is 0 Å². The lowest BCUT2D eigenvalue weighted by Gasteiger charge is -2.14. The highest BCUT2D eigenvalue weighted by Gasteiger charge is 2.23. The lowest BCUT2D eigenvalue weighted by molar-refractivity contribution is -0.385. The number of rotatable bonds is 7. The summed E-state index contributed by atoms with van der Waals surface area (Å²) in [7, 11) is 0. The Morgan fingerprint density at radius 2 is 2.00 bits per heavy atom. The Balaban J connectivity index is 2.09. The molecule has 0 radical (unpaired) electrons.